The molecule has 1 atom stereocenters. The number of hydrogen-bond acceptors (Lipinski definition) is 3. The number of fused-ring (bicyclic) bond motifs is 1. The predicted octanol–water partition coefficient (Wildman–Crippen LogP) is 1.54. The van der Waals surface area contributed by atoms with Gasteiger partial charge >= 0.3 is 0 Å². The lowest BCUT2D eigenvalue weighted by Crippen LogP contribution is -2.45. The van der Waals surface area contributed by atoms with E-state index in [1.54, 1.807) is 4.90 Å². The number of ether oxygens (including phenoxy) is 1. The molecule has 4 nitrogen and oxygen atoms in total. The molecule has 0 bridgehead atoms. The third-order valence-corrected chi connectivity index (χ3v) is 2.88. The number of carbonyl (C=O) groups excluding carboxylic acids is 1. The summed E-state index contributed by atoms with van der Waals surface area (Å²) in [5.74, 6) is 0.742. The number of hydrogen-bond donors (Lipinski definition) is 1. The van der Waals surface area contributed by atoms with Crippen LogP contribution in [0.2, 0.25) is 0 Å². The topological polar surface area (TPSA) is 55.6 Å². The van der Waals surface area contributed by atoms with Gasteiger partial charge in [-0.3, -0.25) is 4.79 Å². The minimum atomic E-state index is -0.0183. The Balaban J connectivity index is 2.18. The van der Waals surface area contributed by atoms with Crippen molar-refractivity contribution in [1.29, 1.82) is 0 Å². The Morgan fingerprint density at radius 3 is 3.00 bits per heavy atom. The van der Waals surface area contributed by atoms with Gasteiger partial charge in [-0.15, -0.1) is 0 Å². The molecule has 17 heavy (non-hydrogen) atoms. The molecule has 0 aliphatic carbocycles. The van der Waals surface area contributed by atoms with Crippen molar-refractivity contribution < 1.29 is 9.53 Å². The summed E-state index contributed by atoms with van der Waals surface area (Å²) in [6.45, 7) is 2.76. The molecule has 0 spiro atoms. The summed E-state index contributed by atoms with van der Waals surface area (Å²) in [6.07, 6.45) is 1.95. The molecule has 2 N–H and O–H groups in total. The van der Waals surface area contributed by atoms with Gasteiger partial charge in [0.1, 0.15) is 5.75 Å². The molecule has 1 aliphatic heterocycles. The summed E-state index contributed by atoms with van der Waals surface area (Å²) >= 11 is 0. The van der Waals surface area contributed by atoms with Gasteiger partial charge in [0.05, 0.1) is 5.69 Å². The first kappa shape index (κ1) is 11.9. The van der Waals surface area contributed by atoms with E-state index in [0.717, 1.165) is 24.3 Å². The van der Waals surface area contributed by atoms with E-state index in [0.29, 0.717) is 6.54 Å². The standard InChI is InChI=1S/C13H18N2O2/c1-2-5-10(14)8-15-11-6-3-4-7-12(11)17-9-13(15)16/h3-4,6-7,10H,2,5,8-9,14H2,1H3. The number of para-hydroxylation sites is 2. The van der Waals surface area contributed by atoms with Crippen molar-refractivity contribution in [2.24, 2.45) is 5.73 Å². The fraction of sp³-hybridized carbons (Fsp3) is 0.462. The molecule has 0 saturated carbocycles. The van der Waals surface area contributed by atoms with Crippen LogP contribution in [0.25, 0.3) is 0 Å². The number of nitrogens with two attached hydrogens (primary N) is 1. The van der Waals surface area contributed by atoms with Crippen molar-refractivity contribution in [3.8, 4) is 5.75 Å². The van der Waals surface area contributed by atoms with E-state index in [1.807, 2.05) is 24.3 Å². The zero-order chi connectivity index (χ0) is 12.3. The molecule has 0 radical (unpaired) electrons. The Bertz CT molecular complexity index is 406. The van der Waals surface area contributed by atoms with E-state index in [1.165, 1.54) is 0 Å². The molecule has 1 unspecified atom stereocenters. The van der Waals surface area contributed by atoms with Crippen LogP contribution in [0.1, 0.15) is 19.8 Å². The molecular formula is C13H18N2O2. The molecule has 92 valence electrons. The van der Waals surface area contributed by atoms with Gasteiger partial charge < -0.3 is 15.4 Å². The Morgan fingerprint density at radius 1 is 1.47 bits per heavy atom. The van der Waals surface area contributed by atoms with Crippen molar-refractivity contribution in [2.75, 3.05) is 18.1 Å². The van der Waals surface area contributed by atoms with Crippen molar-refractivity contribution in [3.05, 3.63) is 24.3 Å². The van der Waals surface area contributed by atoms with Crippen LogP contribution < -0.4 is 15.4 Å². The lowest BCUT2D eigenvalue weighted by atomic mass is 10.1. The van der Waals surface area contributed by atoms with Crippen molar-refractivity contribution in [1.82, 2.24) is 0 Å². The Kier molecular flexibility index (Phi) is 3.64. The highest BCUT2D eigenvalue weighted by Gasteiger charge is 2.26. The zero-order valence-corrected chi connectivity index (χ0v) is 10.1. The van der Waals surface area contributed by atoms with Crippen LogP contribution in [0, 0.1) is 0 Å². The Labute approximate surface area is 101 Å². The Morgan fingerprint density at radius 2 is 2.24 bits per heavy atom. The molecule has 1 aliphatic rings. The second kappa shape index (κ2) is 5.19. The third kappa shape index (κ3) is 2.58. The van der Waals surface area contributed by atoms with Crippen LogP contribution in [-0.2, 0) is 4.79 Å². The average Bonchev–Trinajstić information content (AvgIpc) is 2.33. The molecule has 0 fully saturated rings. The van der Waals surface area contributed by atoms with E-state index in [9.17, 15) is 4.79 Å². The van der Waals surface area contributed by atoms with Gasteiger partial charge in [-0.1, -0.05) is 25.5 Å². The highest BCUT2D eigenvalue weighted by Crippen LogP contribution is 2.31. The maximum atomic E-state index is 11.8. The minimum Gasteiger partial charge on any atom is -0.482 e. The monoisotopic (exact) mass is 234 g/mol. The van der Waals surface area contributed by atoms with Gasteiger partial charge in [-0.25, -0.2) is 0 Å². The molecule has 4 heteroatoms. The van der Waals surface area contributed by atoms with Gasteiger partial charge in [-0.2, -0.15) is 0 Å². The quantitative estimate of drug-likeness (QED) is 0.859. The van der Waals surface area contributed by atoms with E-state index in [2.05, 4.69) is 6.92 Å². The van der Waals surface area contributed by atoms with Gasteiger partial charge in [0, 0.05) is 12.6 Å². The SMILES string of the molecule is CCCC(N)CN1C(=O)COc2ccccc21. The maximum absolute atomic E-state index is 11.8. The molecule has 2 rings (SSSR count). The molecule has 1 heterocycles. The first-order valence-corrected chi connectivity index (χ1v) is 6.00. The van der Waals surface area contributed by atoms with Crippen LogP contribution in [0.5, 0.6) is 5.75 Å². The highest BCUT2D eigenvalue weighted by atomic mass is 16.5. The lowest BCUT2D eigenvalue weighted by molar-refractivity contribution is -0.121. The van der Waals surface area contributed by atoms with Crippen LogP contribution in [-0.4, -0.2) is 25.1 Å². The van der Waals surface area contributed by atoms with Crippen LogP contribution in [0.3, 0.4) is 0 Å². The van der Waals surface area contributed by atoms with Crippen LogP contribution >= 0.6 is 0 Å². The Hall–Kier alpha value is -1.55. The molecule has 0 saturated heterocycles. The van der Waals surface area contributed by atoms with Gasteiger partial charge in [0.15, 0.2) is 6.61 Å². The van der Waals surface area contributed by atoms with E-state index in [4.69, 9.17) is 10.5 Å². The first-order chi connectivity index (χ1) is 8.22. The first-order valence-electron chi connectivity index (χ1n) is 6.00. The lowest BCUT2D eigenvalue weighted by Gasteiger charge is -2.31. The second-order valence-corrected chi connectivity index (χ2v) is 4.31. The third-order valence-electron chi connectivity index (χ3n) is 2.88. The predicted molar refractivity (Wildman–Crippen MR) is 67.2 cm³/mol. The molecule has 1 aromatic carbocycles. The normalized spacial score (nSPS) is 16.4. The number of carbonyl (C=O) groups is 1. The molecule has 1 aromatic rings. The average molecular weight is 234 g/mol. The number of rotatable bonds is 4. The van der Waals surface area contributed by atoms with E-state index < -0.39 is 0 Å². The number of amides is 1. The minimum absolute atomic E-state index is 0.0183. The maximum Gasteiger partial charge on any atom is 0.265 e. The number of benzene rings is 1. The smallest absolute Gasteiger partial charge is 0.265 e. The van der Waals surface area contributed by atoms with Gasteiger partial charge in [0.2, 0.25) is 0 Å². The fourth-order valence-electron chi connectivity index (χ4n) is 2.05. The highest BCUT2D eigenvalue weighted by molar-refractivity contribution is 5.97. The van der Waals surface area contributed by atoms with Crippen LogP contribution in [0.4, 0.5) is 5.69 Å². The summed E-state index contributed by atoms with van der Waals surface area (Å²) in [5, 5.41) is 0. The molecule has 0 aromatic heterocycles. The summed E-state index contributed by atoms with van der Waals surface area (Å²) in [7, 11) is 0. The van der Waals surface area contributed by atoms with Crippen molar-refractivity contribution >= 4 is 11.6 Å². The van der Waals surface area contributed by atoms with E-state index in [-0.39, 0.29) is 18.6 Å². The summed E-state index contributed by atoms with van der Waals surface area (Å²) in [6, 6.07) is 7.60. The molecule has 1 amide bonds. The zero-order valence-electron chi connectivity index (χ0n) is 10.1. The van der Waals surface area contributed by atoms with Crippen LogP contribution in [0.15, 0.2) is 24.3 Å². The summed E-state index contributed by atoms with van der Waals surface area (Å²) in [5.41, 5.74) is 6.83. The number of anilines is 1. The summed E-state index contributed by atoms with van der Waals surface area (Å²) < 4.78 is 5.38. The number of nitrogens with zero attached hydrogens (tertiary/aromatic N) is 1. The largest absolute Gasteiger partial charge is 0.482 e. The van der Waals surface area contributed by atoms with Gasteiger partial charge in [-0.05, 0) is 18.6 Å². The van der Waals surface area contributed by atoms with Crippen molar-refractivity contribution in [2.45, 2.75) is 25.8 Å². The van der Waals surface area contributed by atoms with Gasteiger partial charge in [0.25, 0.3) is 5.91 Å². The summed E-state index contributed by atoms with van der Waals surface area (Å²) in [4.78, 5) is 13.6. The molecular weight excluding hydrogens is 216 g/mol. The second-order valence-electron chi connectivity index (χ2n) is 4.31. The fourth-order valence-corrected chi connectivity index (χ4v) is 2.05. The van der Waals surface area contributed by atoms with E-state index >= 15 is 0 Å². The van der Waals surface area contributed by atoms with Crippen molar-refractivity contribution in [3.63, 3.8) is 0 Å².